The fraction of sp³-hybridized carbons (Fsp3) is 0.545. The van der Waals surface area contributed by atoms with Crippen LogP contribution in [0.4, 0.5) is 5.82 Å². The third kappa shape index (κ3) is 2.85. The Bertz CT molecular complexity index is 376. The fourth-order valence-electron chi connectivity index (χ4n) is 1.86. The summed E-state index contributed by atoms with van der Waals surface area (Å²) in [6.45, 7) is 4.62. The second-order valence-electron chi connectivity index (χ2n) is 3.99. The van der Waals surface area contributed by atoms with E-state index in [2.05, 4.69) is 14.9 Å². The van der Waals surface area contributed by atoms with Crippen LogP contribution in [0, 0.1) is 0 Å². The number of halogens is 1. The summed E-state index contributed by atoms with van der Waals surface area (Å²) >= 11 is 5.79. The van der Waals surface area contributed by atoms with E-state index < -0.39 is 5.38 Å². The molecule has 1 amide bonds. The molecule has 92 valence electrons. The van der Waals surface area contributed by atoms with Crippen LogP contribution < -0.4 is 4.90 Å². The smallest absolute Gasteiger partial charge is 0.240 e. The average molecular weight is 255 g/mol. The lowest BCUT2D eigenvalue weighted by atomic mass is 10.3. The topological polar surface area (TPSA) is 49.3 Å². The summed E-state index contributed by atoms with van der Waals surface area (Å²) in [4.78, 5) is 23.9. The average Bonchev–Trinajstić information content (AvgIpc) is 2.39. The van der Waals surface area contributed by atoms with Crippen molar-refractivity contribution < 1.29 is 4.79 Å². The molecule has 0 aliphatic carbocycles. The Morgan fingerprint density at radius 3 is 2.59 bits per heavy atom. The first-order valence-corrected chi connectivity index (χ1v) is 6.06. The van der Waals surface area contributed by atoms with E-state index in [-0.39, 0.29) is 5.91 Å². The largest absolute Gasteiger partial charge is 0.352 e. The maximum Gasteiger partial charge on any atom is 0.240 e. The van der Waals surface area contributed by atoms with E-state index in [0.29, 0.717) is 13.1 Å². The summed E-state index contributed by atoms with van der Waals surface area (Å²) in [5, 5.41) is -0.446. The Morgan fingerprint density at radius 1 is 1.35 bits per heavy atom. The minimum atomic E-state index is -0.446. The Kier molecular flexibility index (Phi) is 3.78. The monoisotopic (exact) mass is 254 g/mol. The molecule has 1 aromatic rings. The van der Waals surface area contributed by atoms with Crippen molar-refractivity contribution in [2.24, 2.45) is 0 Å². The molecule has 1 aliphatic heterocycles. The maximum atomic E-state index is 11.7. The Labute approximate surface area is 105 Å². The number of nitrogens with zero attached hydrogens (tertiary/aromatic N) is 4. The van der Waals surface area contributed by atoms with Crippen LogP contribution in [0.15, 0.2) is 18.6 Å². The van der Waals surface area contributed by atoms with Crippen molar-refractivity contribution in [2.75, 3.05) is 31.1 Å². The summed E-state index contributed by atoms with van der Waals surface area (Å²) in [6, 6.07) is 0. The van der Waals surface area contributed by atoms with Gasteiger partial charge in [-0.25, -0.2) is 4.98 Å². The molecule has 0 bridgehead atoms. The molecule has 0 N–H and O–H groups in total. The van der Waals surface area contributed by atoms with Gasteiger partial charge in [0, 0.05) is 38.6 Å². The SMILES string of the molecule is CC(Cl)C(=O)N1CCN(c2cnccn2)CC1. The predicted octanol–water partition coefficient (Wildman–Crippen LogP) is 0.752. The molecule has 0 aromatic carbocycles. The number of carbonyl (C=O) groups excluding carboxylic acids is 1. The molecular weight excluding hydrogens is 240 g/mol. The van der Waals surface area contributed by atoms with Crippen molar-refractivity contribution in [1.82, 2.24) is 14.9 Å². The Morgan fingerprint density at radius 2 is 2.06 bits per heavy atom. The van der Waals surface area contributed by atoms with Gasteiger partial charge in [0.2, 0.25) is 5.91 Å². The third-order valence-corrected chi connectivity index (χ3v) is 2.99. The highest BCUT2D eigenvalue weighted by molar-refractivity contribution is 6.30. The van der Waals surface area contributed by atoms with Crippen LogP contribution >= 0.6 is 11.6 Å². The molecule has 1 aliphatic rings. The molecule has 0 saturated carbocycles. The van der Waals surface area contributed by atoms with Crippen molar-refractivity contribution in [3.63, 3.8) is 0 Å². The maximum absolute atomic E-state index is 11.7. The molecule has 6 heteroatoms. The number of piperazine rings is 1. The van der Waals surface area contributed by atoms with E-state index >= 15 is 0 Å². The zero-order chi connectivity index (χ0) is 12.3. The third-order valence-electron chi connectivity index (χ3n) is 2.81. The van der Waals surface area contributed by atoms with Crippen LogP contribution in [0.1, 0.15) is 6.92 Å². The second kappa shape index (κ2) is 5.31. The Balaban J connectivity index is 1.93. The molecule has 0 spiro atoms. The lowest BCUT2D eigenvalue weighted by Crippen LogP contribution is -2.50. The first-order chi connectivity index (χ1) is 8.18. The van der Waals surface area contributed by atoms with Crippen LogP contribution in [0.2, 0.25) is 0 Å². The molecule has 1 atom stereocenters. The lowest BCUT2D eigenvalue weighted by Gasteiger charge is -2.35. The normalized spacial score (nSPS) is 18.0. The van der Waals surface area contributed by atoms with Crippen molar-refractivity contribution in [2.45, 2.75) is 12.3 Å². The number of anilines is 1. The number of rotatable bonds is 2. The summed E-state index contributed by atoms with van der Waals surface area (Å²) in [6.07, 6.45) is 5.06. The van der Waals surface area contributed by atoms with Crippen LogP contribution in [-0.2, 0) is 4.79 Å². The number of aromatic nitrogens is 2. The molecule has 2 heterocycles. The van der Waals surface area contributed by atoms with Gasteiger partial charge in [-0.2, -0.15) is 0 Å². The van der Waals surface area contributed by atoms with Gasteiger partial charge in [-0.05, 0) is 6.92 Å². The van der Waals surface area contributed by atoms with Gasteiger partial charge in [-0.3, -0.25) is 9.78 Å². The summed E-state index contributed by atoms with van der Waals surface area (Å²) in [5.41, 5.74) is 0. The standard InChI is InChI=1S/C11H15ClN4O/c1-9(12)11(17)16-6-4-15(5-7-16)10-8-13-2-3-14-10/h2-3,8-9H,4-7H2,1H3. The summed E-state index contributed by atoms with van der Waals surface area (Å²) in [7, 11) is 0. The Hall–Kier alpha value is -1.36. The minimum absolute atomic E-state index is 0.00506. The highest BCUT2D eigenvalue weighted by Gasteiger charge is 2.24. The highest BCUT2D eigenvalue weighted by atomic mass is 35.5. The van der Waals surface area contributed by atoms with Gasteiger partial charge in [-0.15, -0.1) is 11.6 Å². The van der Waals surface area contributed by atoms with Crippen molar-refractivity contribution in [3.8, 4) is 0 Å². The van der Waals surface area contributed by atoms with E-state index in [0.717, 1.165) is 18.9 Å². The lowest BCUT2D eigenvalue weighted by molar-refractivity contribution is -0.130. The minimum Gasteiger partial charge on any atom is -0.352 e. The number of carbonyl (C=O) groups is 1. The zero-order valence-electron chi connectivity index (χ0n) is 9.71. The highest BCUT2D eigenvalue weighted by Crippen LogP contribution is 2.12. The van der Waals surface area contributed by atoms with Gasteiger partial charge >= 0.3 is 0 Å². The van der Waals surface area contributed by atoms with E-state index in [1.165, 1.54) is 0 Å². The number of amides is 1. The van der Waals surface area contributed by atoms with E-state index in [1.54, 1.807) is 30.4 Å². The van der Waals surface area contributed by atoms with Gasteiger partial charge in [0.15, 0.2) is 0 Å². The van der Waals surface area contributed by atoms with Crippen LogP contribution in [0.5, 0.6) is 0 Å². The van der Waals surface area contributed by atoms with Gasteiger partial charge in [0.1, 0.15) is 11.2 Å². The van der Waals surface area contributed by atoms with E-state index in [4.69, 9.17) is 11.6 Å². The second-order valence-corrected chi connectivity index (χ2v) is 4.65. The molecule has 1 fully saturated rings. The molecule has 2 rings (SSSR count). The molecular formula is C11H15ClN4O. The van der Waals surface area contributed by atoms with Gasteiger partial charge in [-0.1, -0.05) is 0 Å². The number of hydrogen-bond acceptors (Lipinski definition) is 4. The van der Waals surface area contributed by atoms with Crippen molar-refractivity contribution >= 4 is 23.3 Å². The summed E-state index contributed by atoms with van der Waals surface area (Å²) < 4.78 is 0. The van der Waals surface area contributed by atoms with Crippen LogP contribution in [0.25, 0.3) is 0 Å². The van der Waals surface area contributed by atoms with Gasteiger partial charge < -0.3 is 9.80 Å². The van der Waals surface area contributed by atoms with Crippen molar-refractivity contribution in [3.05, 3.63) is 18.6 Å². The first kappa shape index (κ1) is 12.1. The number of hydrogen-bond donors (Lipinski definition) is 0. The van der Waals surface area contributed by atoms with Crippen LogP contribution in [0.3, 0.4) is 0 Å². The quantitative estimate of drug-likeness (QED) is 0.731. The molecule has 1 saturated heterocycles. The van der Waals surface area contributed by atoms with Crippen molar-refractivity contribution in [1.29, 1.82) is 0 Å². The fourth-order valence-corrected chi connectivity index (χ4v) is 2.00. The van der Waals surface area contributed by atoms with Crippen LogP contribution in [-0.4, -0.2) is 52.3 Å². The van der Waals surface area contributed by atoms with Gasteiger partial charge in [0.05, 0.1) is 6.20 Å². The molecule has 17 heavy (non-hydrogen) atoms. The molecule has 1 aromatic heterocycles. The summed E-state index contributed by atoms with van der Waals surface area (Å²) in [5.74, 6) is 0.865. The molecule has 5 nitrogen and oxygen atoms in total. The van der Waals surface area contributed by atoms with E-state index in [1.807, 2.05) is 0 Å². The zero-order valence-corrected chi connectivity index (χ0v) is 10.5. The van der Waals surface area contributed by atoms with E-state index in [9.17, 15) is 4.79 Å². The first-order valence-electron chi connectivity index (χ1n) is 5.62. The predicted molar refractivity (Wildman–Crippen MR) is 66.1 cm³/mol. The molecule has 0 radical (unpaired) electrons. The van der Waals surface area contributed by atoms with Gasteiger partial charge in [0.25, 0.3) is 0 Å². The molecule has 1 unspecified atom stereocenters. The number of alkyl halides is 1.